The Bertz CT molecular complexity index is 1060. The molecule has 1 atom stereocenters. The number of rotatable bonds is 5. The first-order valence-electron chi connectivity index (χ1n) is 10.2. The topological polar surface area (TPSA) is 42.3 Å². The molecule has 0 spiro atoms. The van der Waals surface area contributed by atoms with Crippen molar-refractivity contribution >= 4 is 16.8 Å². The molecule has 3 aromatic rings. The molecule has 2 aromatic carbocycles. The molecule has 0 radical (unpaired) electrons. The number of amides is 1. The van der Waals surface area contributed by atoms with Crippen molar-refractivity contribution in [1.29, 1.82) is 0 Å². The fourth-order valence-corrected chi connectivity index (χ4v) is 4.19. The quantitative estimate of drug-likeness (QED) is 0.658. The van der Waals surface area contributed by atoms with Crippen LogP contribution in [0.15, 0.2) is 65.6 Å². The van der Waals surface area contributed by atoms with E-state index < -0.39 is 0 Å². The van der Waals surface area contributed by atoms with E-state index in [0.29, 0.717) is 11.3 Å². The number of carbonyl (C=O) groups excluding carboxylic acids is 1. The Balaban J connectivity index is 1.39. The van der Waals surface area contributed by atoms with Crippen LogP contribution in [-0.4, -0.2) is 28.5 Å². The predicted molar refractivity (Wildman–Crippen MR) is 112 cm³/mol. The second kappa shape index (κ2) is 8.60. The van der Waals surface area contributed by atoms with Crippen molar-refractivity contribution in [2.45, 2.75) is 32.2 Å². The molecular weight excluding hydrogens is 367 g/mol. The van der Waals surface area contributed by atoms with Gasteiger partial charge in [0.05, 0.1) is 5.52 Å². The van der Waals surface area contributed by atoms with Crippen molar-refractivity contribution in [1.82, 2.24) is 9.47 Å². The Hall–Kier alpha value is -2.95. The Labute approximate surface area is 169 Å². The van der Waals surface area contributed by atoms with E-state index in [0.717, 1.165) is 49.9 Å². The standard InChI is InChI=1S/C24H25FN2O2/c25-20-11-9-18(10-12-20)7-8-19-4-3-14-27(16-19)24(29)17-26-15-13-23(28)21-5-1-2-6-22(21)26/h1-2,5-6,9-13,15,19H,3-4,7-8,14,16-17H2/t19-/m1/s1. The van der Waals surface area contributed by atoms with Crippen LogP contribution in [0, 0.1) is 11.7 Å². The van der Waals surface area contributed by atoms with Gasteiger partial charge in [-0.15, -0.1) is 0 Å². The largest absolute Gasteiger partial charge is 0.341 e. The fraction of sp³-hybridized carbons (Fsp3) is 0.333. The number of piperidine rings is 1. The minimum Gasteiger partial charge on any atom is -0.341 e. The molecule has 0 unspecified atom stereocenters. The summed E-state index contributed by atoms with van der Waals surface area (Å²) >= 11 is 0. The predicted octanol–water partition coefficient (Wildman–Crippen LogP) is 4.01. The summed E-state index contributed by atoms with van der Waals surface area (Å²) in [7, 11) is 0. The van der Waals surface area contributed by atoms with Gasteiger partial charge >= 0.3 is 0 Å². The van der Waals surface area contributed by atoms with Crippen molar-refractivity contribution < 1.29 is 9.18 Å². The van der Waals surface area contributed by atoms with Crippen LogP contribution >= 0.6 is 0 Å². The number of fused-ring (bicyclic) bond motifs is 1. The molecule has 1 aliphatic heterocycles. The summed E-state index contributed by atoms with van der Waals surface area (Å²) < 4.78 is 14.9. The first-order chi connectivity index (χ1) is 14.1. The second-order valence-electron chi connectivity index (χ2n) is 7.84. The maximum Gasteiger partial charge on any atom is 0.242 e. The molecule has 0 N–H and O–H groups in total. The molecule has 4 nitrogen and oxygen atoms in total. The molecule has 29 heavy (non-hydrogen) atoms. The van der Waals surface area contributed by atoms with Crippen LogP contribution in [0.3, 0.4) is 0 Å². The van der Waals surface area contributed by atoms with E-state index in [9.17, 15) is 14.0 Å². The zero-order valence-electron chi connectivity index (χ0n) is 16.4. The maximum absolute atomic E-state index is 13.1. The van der Waals surface area contributed by atoms with E-state index in [4.69, 9.17) is 0 Å². The van der Waals surface area contributed by atoms with Crippen molar-refractivity contribution in [3.05, 3.63) is 82.4 Å². The monoisotopic (exact) mass is 392 g/mol. The Morgan fingerprint density at radius 1 is 1.07 bits per heavy atom. The number of carbonyl (C=O) groups is 1. The zero-order valence-corrected chi connectivity index (χ0v) is 16.4. The fourth-order valence-electron chi connectivity index (χ4n) is 4.19. The molecule has 1 fully saturated rings. The van der Waals surface area contributed by atoms with Crippen LogP contribution in [0.1, 0.15) is 24.8 Å². The van der Waals surface area contributed by atoms with Crippen molar-refractivity contribution in [3.63, 3.8) is 0 Å². The Morgan fingerprint density at radius 2 is 1.86 bits per heavy atom. The lowest BCUT2D eigenvalue weighted by Crippen LogP contribution is -2.41. The van der Waals surface area contributed by atoms with E-state index >= 15 is 0 Å². The smallest absolute Gasteiger partial charge is 0.242 e. The first-order valence-corrected chi connectivity index (χ1v) is 10.2. The third kappa shape index (κ3) is 4.56. The lowest BCUT2D eigenvalue weighted by Gasteiger charge is -2.33. The van der Waals surface area contributed by atoms with E-state index in [2.05, 4.69) is 0 Å². The van der Waals surface area contributed by atoms with Gasteiger partial charge in [0.15, 0.2) is 5.43 Å². The van der Waals surface area contributed by atoms with E-state index in [1.165, 1.54) is 18.2 Å². The molecule has 0 aliphatic carbocycles. The summed E-state index contributed by atoms with van der Waals surface area (Å²) in [6, 6.07) is 15.6. The summed E-state index contributed by atoms with van der Waals surface area (Å²) in [6.45, 7) is 1.79. The average Bonchev–Trinajstić information content (AvgIpc) is 2.76. The molecule has 1 aromatic heterocycles. The Morgan fingerprint density at radius 3 is 2.69 bits per heavy atom. The van der Waals surface area contributed by atoms with Crippen molar-refractivity contribution in [2.75, 3.05) is 13.1 Å². The molecule has 5 heteroatoms. The average molecular weight is 392 g/mol. The van der Waals surface area contributed by atoms with Crippen LogP contribution in [0.5, 0.6) is 0 Å². The highest BCUT2D eigenvalue weighted by Gasteiger charge is 2.23. The third-order valence-electron chi connectivity index (χ3n) is 5.82. The van der Waals surface area contributed by atoms with Gasteiger partial charge in [0, 0.05) is 30.7 Å². The van der Waals surface area contributed by atoms with Gasteiger partial charge < -0.3 is 9.47 Å². The number of hydrogen-bond donors (Lipinski definition) is 0. The van der Waals surface area contributed by atoms with Gasteiger partial charge in [-0.3, -0.25) is 9.59 Å². The highest BCUT2D eigenvalue weighted by molar-refractivity contribution is 5.82. The molecule has 0 bridgehead atoms. The van der Waals surface area contributed by atoms with Gasteiger partial charge in [-0.25, -0.2) is 4.39 Å². The number of aryl methyl sites for hydroxylation is 1. The molecule has 150 valence electrons. The summed E-state index contributed by atoms with van der Waals surface area (Å²) in [5.41, 5.74) is 1.90. The number of aromatic nitrogens is 1. The molecule has 1 aliphatic rings. The minimum absolute atomic E-state index is 0.0249. The van der Waals surface area contributed by atoms with Crippen molar-refractivity contribution in [3.8, 4) is 0 Å². The van der Waals surface area contributed by atoms with Gasteiger partial charge in [0.25, 0.3) is 0 Å². The van der Waals surface area contributed by atoms with Gasteiger partial charge in [0.1, 0.15) is 12.4 Å². The molecule has 1 saturated heterocycles. The highest BCUT2D eigenvalue weighted by Crippen LogP contribution is 2.22. The van der Waals surface area contributed by atoms with Gasteiger partial charge in [0.2, 0.25) is 5.91 Å². The Kier molecular flexibility index (Phi) is 5.74. The molecular formula is C24H25FN2O2. The van der Waals surface area contributed by atoms with E-state index in [1.807, 2.05) is 39.8 Å². The van der Waals surface area contributed by atoms with Gasteiger partial charge in [-0.05, 0) is 61.4 Å². The molecule has 0 saturated carbocycles. The van der Waals surface area contributed by atoms with Crippen LogP contribution in [0.25, 0.3) is 10.9 Å². The first kappa shape index (κ1) is 19.4. The molecule has 1 amide bonds. The summed E-state index contributed by atoms with van der Waals surface area (Å²) in [4.78, 5) is 26.9. The SMILES string of the molecule is O=C(Cn1ccc(=O)c2ccccc21)N1CCC[C@H](CCc2ccc(F)cc2)C1. The lowest BCUT2D eigenvalue weighted by molar-refractivity contribution is -0.133. The summed E-state index contributed by atoms with van der Waals surface area (Å²) in [5.74, 6) is 0.340. The van der Waals surface area contributed by atoms with Crippen molar-refractivity contribution in [2.24, 2.45) is 5.92 Å². The highest BCUT2D eigenvalue weighted by atomic mass is 19.1. The summed E-state index contributed by atoms with van der Waals surface area (Å²) in [5, 5.41) is 0.638. The molecule has 2 heterocycles. The van der Waals surface area contributed by atoms with Gasteiger partial charge in [-0.1, -0.05) is 24.3 Å². The zero-order chi connectivity index (χ0) is 20.2. The van der Waals surface area contributed by atoms with E-state index in [-0.39, 0.29) is 23.7 Å². The maximum atomic E-state index is 13.1. The van der Waals surface area contributed by atoms with E-state index in [1.54, 1.807) is 12.3 Å². The number of likely N-dealkylation sites (tertiary alicyclic amines) is 1. The number of hydrogen-bond acceptors (Lipinski definition) is 2. The molecule has 4 rings (SSSR count). The number of nitrogens with zero attached hydrogens (tertiary/aromatic N) is 2. The number of halogens is 1. The third-order valence-corrected chi connectivity index (χ3v) is 5.82. The van der Waals surface area contributed by atoms with Crippen LogP contribution in [0.2, 0.25) is 0 Å². The number of para-hydroxylation sites is 1. The normalized spacial score (nSPS) is 16.9. The van der Waals surface area contributed by atoms with Gasteiger partial charge in [-0.2, -0.15) is 0 Å². The van der Waals surface area contributed by atoms with Crippen LogP contribution in [-0.2, 0) is 17.8 Å². The lowest BCUT2D eigenvalue weighted by atomic mass is 9.91. The van der Waals surface area contributed by atoms with Crippen LogP contribution < -0.4 is 5.43 Å². The minimum atomic E-state index is -0.210. The second-order valence-corrected chi connectivity index (χ2v) is 7.84. The number of pyridine rings is 1. The number of benzene rings is 2. The van der Waals surface area contributed by atoms with Crippen LogP contribution in [0.4, 0.5) is 4.39 Å². The summed E-state index contributed by atoms with van der Waals surface area (Å²) in [6.07, 6.45) is 5.73.